The molecule has 4 N–H and O–H groups in total. The van der Waals surface area contributed by atoms with Gasteiger partial charge in [-0.3, -0.25) is 9.59 Å². The van der Waals surface area contributed by atoms with Crippen molar-refractivity contribution in [2.75, 3.05) is 0 Å². The first-order valence-corrected chi connectivity index (χ1v) is 8.23. The van der Waals surface area contributed by atoms with Crippen LogP contribution >= 0.6 is 11.8 Å². The molecule has 2 aromatic carbocycles. The smallest absolute Gasteiger partial charge is 0.266 e. The minimum atomic E-state index is -0.534. The molecule has 4 aromatic rings. The summed E-state index contributed by atoms with van der Waals surface area (Å²) in [4.78, 5) is 29.9. The predicted octanol–water partition coefficient (Wildman–Crippen LogP) is 2.93. The quantitative estimate of drug-likeness (QED) is 0.444. The van der Waals surface area contributed by atoms with E-state index in [0.29, 0.717) is 21.8 Å². The van der Waals surface area contributed by atoms with Crippen molar-refractivity contribution >= 4 is 33.6 Å². The average molecular weight is 352 g/mol. The number of aromatic amines is 2. The highest BCUT2D eigenvalue weighted by molar-refractivity contribution is 7.99. The fourth-order valence-corrected chi connectivity index (χ4v) is 3.61. The second-order valence-corrected chi connectivity index (χ2v) is 6.48. The van der Waals surface area contributed by atoms with Crippen LogP contribution in [0.3, 0.4) is 0 Å². The van der Waals surface area contributed by atoms with Crippen LogP contribution in [-0.2, 0) is 0 Å². The number of pyridine rings is 2. The summed E-state index contributed by atoms with van der Waals surface area (Å²) in [5, 5.41) is 21.8. The summed E-state index contributed by atoms with van der Waals surface area (Å²) in [6.45, 7) is 0. The average Bonchev–Trinajstić information content (AvgIpc) is 2.61. The van der Waals surface area contributed by atoms with Gasteiger partial charge in [0.2, 0.25) is 0 Å². The van der Waals surface area contributed by atoms with Gasteiger partial charge in [0.15, 0.2) is 0 Å². The first kappa shape index (κ1) is 15.3. The molecule has 0 amide bonds. The van der Waals surface area contributed by atoms with Crippen molar-refractivity contribution in [2.24, 2.45) is 0 Å². The van der Waals surface area contributed by atoms with E-state index in [0.717, 1.165) is 11.8 Å². The third-order valence-corrected chi connectivity index (χ3v) is 5.07. The second kappa shape index (κ2) is 5.71. The lowest BCUT2D eigenvalue weighted by molar-refractivity contribution is 0.464. The zero-order valence-electron chi connectivity index (χ0n) is 12.7. The molecule has 0 spiro atoms. The number of hydrogen-bond donors (Lipinski definition) is 4. The zero-order chi connectivity index (χ0) is 17.6. The van der Waals surface area contributed by atoms with E-state index in [1.807, 2.05) is 0 Å². The third kappa shape index (κ3) is 2.45. The number of rotatable bonds is 2. The van der Waals surface area contributed by atoms with Crippen LogP contribution in [0.5, 0.6) is 11.5 Å². The standard InChI is InChI=1S/C18H12N2O4S/c21-13-9-5-1-3-7-11(9)19-17(23)15(13)25-16-14(22)10-6-2-4-8-12(10)20-18(16)24/h1-8H,(H2,19,21,23)(H2,20,22,24). The third-order valence-electron chi connectivity index (χ3n) is 3.91. The largest absolute Gasteiger partial charge is 0.506 e. The number of aromatic hydroxyl groups is 2. The molecular formula is C18H12N2O4S. The minimum Gasteiger partial charge on any atom is -0.506 e. The summed E-state index contributed by atoms with van der Waals surface area (Å²) < 4.78 is 0. The lowest BCUT2D eigenvalue weighted by Crippen LogP contribution is -2.12. The number of fused-ring (bicyclic) bond motifs is 2. The minimum absolute atomic E-state index is 0.0465. The molecule has 0 unspecified atom stereocenters. The Kier molecular flexibility index (Phi) is 3.51. The highest BCUT2D eigenvalue weighted by atomic mass is 32.2. The van der Waals surface area contributed by atoms with Crippen LogP contribution in [0, 0.1) is 0 Å². The van der Waals surface area contributed by atoms with Gasteiger partial charge >= 0.3 is 0 Å². The van der Waals surface area contributed by atoms with Crippen molar-refractivity contribution in [3.63, 3.8) is 0 Å². The molecule has 6 nitrogen and oxygen atoms in total. The molecule has 0 aliphatic carbocycles. The Labute approximate surface area is 144 Å². The first-order valence-electron chi connectivity index (χ1n) is 7.42. The predicted molar refractivity (Wildman–Crippen MR) is 96.6 cm³/mol. The van der Waals surface area contributed by atoms with E-state index in [1.165, 1.54) is 0 Å². The van der Waals surface area contributed by atoms with Gasteiger partial charge in [-0.2, -0.15) is 0 Å². The molecule has 25 heavy (non-hydrogen) atoms. The van der Waals surface area contributed by atoms with Crippen LogP contribution in [0.25, 0.3) is 21.8 Å². The Hall–Kier alpha value is -3.19. The molecule has 4 rings (SSSR count). The maximum Gasteiger partial charge on any atom is 0.266 e. The summed E-state index contributed by atoms with van der Waals surface area (Å²) >= 11 is 0.736. The number of aromatic nitrogens is 2. The molecule has 0 atom stereocenters. The topological polar surface area (TPSA) is 106 Å². The van der Waals surface area contributed by atoms with Crippen molar-refractivity contribution in [1.82, 2.24) is 9.97 Å². The van der Waals surface area contributed by atoms with Gasteiger partial charge in [0.1, 0.15) is 21.3 Å². The van der Waals surface area contributed by atoms with E-state index >= 15 is 0 Å². The number of para-hydroxylation sites is 2. The van der Waals surface area contributed by atoms with E-state index < -0.39 is 11.1 Å². The Morgan fingerprint density at radius 1 is 0.680 bits per heavy atom. The van der Waals surface area contributed by atoms with E-state index in [-0.39, 0.29) is 21.3 Å². The van der Waals surface area contributed by atoms with E-state index in [1.54, 1.807) is 48.5 Å². The van der Waals surface area contributed by atoms with Gasteiger partial charge in [-0.25, -0.2) is 0 Å². The van der Waals surface area contributed by atoms with E-state index in [2.05, 4.69) is 9.97 Å². The molecule has 0 fully saturated rings. The maximum atomic E-state index is 12.3. The highest BCUT2D eigenvalue weighted by Crippen LogP contribution is 2.39. The summed E-state index contributed by atoms with van der Waals surface area (Å²) in [7, 11) is 0. The first-order chi connectivity index (χ1) is 12.1. The fraction of sp³-hybridized carbons (Fsp3) is 0. The molecule has 0 saturated heterocycles. The van der Waals surface area contributed by atoms with Crippen molar-refractivity contribution in [3.05, 3.63) is 69.2 Å². The van der Waals surface area contributed by atoms with Crippen molar-refractivity contribution < 1.29 is 10.2 Å². The van der Waals surface area contributed by atoms with Gasteiger partial charge in [-0.1, -0.05) is 36.0 Å². The summed E-state index contributed by atoms with van der Waals surface area (Å²) in [6.07, 6.45) is 0. The normalized spacial score (nSPS) is 11.2. The number of nitrogens with one attached hydrogen (secondary N) is 2. The van der Waals surface area contributed by atoms with Crippen LogP contribution < -0.4 is 11.1 Å². The van der Waals surface area contributed by atoms with Crippen LogP contribution in [-0.4, -0.2) is 20.2 Å². The van der Waals surface area contributed by atoms with Crippen molar-refractivity contribution in [2.45, 2.75) is 9.79 Å². The number of H-pyrrole nitrogens is 2. The molecule has 0 radical (unpaired) electrons. The monoisotopic (exact) mass is 352 g/mol. The lowest BCUT2D eigenvalue weighted by Gasteiger charge is -2.09. The van der Waals surface area contributed by atoms with Crippen molar-refractivity contribution in [1.29, 1.82) is 0 Å². The summed E-state index contributed by atoms with van der Waals surface area (Å²) in [6, 6.07) is 13.6. The summed E-state index contributed by atoms with van der Waals surface area (Å²) in [5.74, 6) is -0.451. The molecule has 2 aromatic heterocycles. The Balaban J connectivity index is 1.95. The van der Waals surface area contributed by atoms with Crippen molar-refractivity contribution in [3.8, 4) is 11.5 Å². The van der Waals surface area contributed by atoms with Gasteiger partial charge in [-0.05, 0) is 24.3 Å². The maximum absolute atomic E-state index is 12.3. The fourth-order valence-electron chi connectivity index (χ4n) is 2.71. The molecule has 2 heterocycles. The van der Waals surface area contributed by atoms with Crippen LogP contribution in [0.2, 0.25) is 0 Å². The second-order valence-electron chi connectivity index (χ2n) is 5.46. The SMILES string of the molecule is O=c1[nH]c2ccccc2c(O)c1Sc1c(O)c2ccccc2[nH]c1=O. The summed E-state index contributed by atoms with van der Waals surface area (Å²) in [5.41, 5.74) is -0.0849. The van der Waals surface area contributed by atoms with E-state index in [9.17, 15) is 19.8 Å². The van der Waals surface area contributed by atoms with Gasteiger partial charge in [-0.15, -0.1) is 0 Å². The molecule has 7 heteroatoms. The Morgan fingerprint density at radius 2 is 1.08 bits per heavy atom. The van der Waals surface area contributed by atoms with Crippen LogP contribution in [0.4, 0.5) is 0 Å². The molecule has 0 aliphatic rings. The molecule has 0 bridgehead atoms. The zero-order valence-corrected chi connectivity index (χ0v) is 13.6. The Morgan fingerprint density at radius 3 is 1.52 bits per heavy atom. The molecule has 124 valence electrons. The highest BCUT2D eigenvalue weighted by Gasteiger charge is 2.19. The molecule has 0 saturated carbocycles. The van der Waals surface area contributed by atoms with Crippen LogP contribution in [0.1, 0.15) is 0 Å². The van der Waals surface area contributed by atoms with Gasteiger partial charge in [0.05, 0.1) is 11.0 Å². The molecular weight excluding hydrogens is 340 g/mol. The van der Waals surface area contributed by atoms with Gasteiger partial charge < -0.3 is 20.2 Å². The number of benzene rings is 2. The van der Waals surface area contributed by atoms with Gasteiger partial charge in [0.25, 0.3) is 11.1 Å². The van der Waals surface area contributed by atoms with E-state index in [4.69, 9.17) is 0 Å². The van der Waals surface area contributed by atoms with Crippen LogP contribution in [0.15, 0.2) is 67.9 Å². The molecule has 0 aliphatic heterocycles. The Bertz CT molecular complexity index is 1150. The lowest BCUT2D eigenvalue weighted by atomic mass is 10.2. The van der Waals surface area contributed by atoms with Gasteiger partial charge in [0, 0.05) is 10.8 Å². The number of hydrogen-bond acceptors (Lipinski definition) is 5.